The fourth-order valence-electron chi connectivity index (χ4n) is 4.22. The molecular formula is C25H29N3O2. The van der Waals surface area contributed by atoms with Gasteiger partial charge in [-0.15, -0.1) is 0 Å². The van der Waals surface area contributed by atoms with Crippen LogP contribution < -0.4 is 5.32 Å². The predicted octanol–water partition coefficient (Wildman–Crippen LogP) is 4.03. The second-order valence-corrected chi connectivity index (χ2v) is 8.20. The van der Waals surface area contributed by atoms with E-state index in [9.17, 15) is 4.79 Å². The summed E-state index contributed by atoms with van der Waals surface area (Å²) in [6, 6.07) is 16.5. The summed E-state index contributed by atoms with van der Waals surface area (Å²) in [5.74, 6) is 0.909. The van der Waals surface area contributed by atoms with Gasteiger partial charge in [-0.25, -0.2) is 4.98 Å². The Morgan fingerprint density at radius 1 is 1.10 bits per heavy atom. The van der Waals surface area contributed by atoms with E-state index in [0.717, 1.165) is 43.0 Å². The number of aromatic nitrogens is 2. The molecule has 0 unspecified atom stereocenters. The van der Waals surface area contributed by atoms with Crippen molar-refractivity contribution in [2.75, 3.05) is 19.8 Å². The normalized spacial score (nSPS) is 15.7. The smallest absolute Gasteiger partial charge is 0.251 e. The third-order valence-corrected chi connectivity index (χ3v) is 6.23. The Kier molecular flexibility index (Phi) is 6.00. The SMILES string of the molecule is Cc1ccc(C2(CNC(=O)c3ccccc3Cn3ccnc3C)CCOCC2)cc1. The van der Waals surface area contributed by atoms with Crippen molar-refractivity contribution in [3.8, 4) is 0 Å². The average Bonchev–Trinajstić information content (AvgIpc) is 3.18. The van der Waals surface area contributed by atoms with Crippen LogP contribution in [0.15, 0.2) is 60.9 Å². The molecule has 1 fully saturated rings. The highest BCUT2D eigenvalue weighted by molar-refractivity contribution is 5.95. The van der Waals surface area contributed by atoms with Gasteiger partial charge in [0.15, 0.2) is 0 Å². The molecule has 4 rings (SSSR count). The van der Waals surface area contributed by atoms with Crippen LogP contribution in [0.5, 0.6) is 0 Å². The average molecular weight is 404 g/mol. The predicted molar refractivity (Wildman–Crippen MR) is 118 cm³/mol. The molecule has 0 bridgehead atoms. The molecule has 1 aliphatic heterocycles. The van der Waals surface area contributed by atoms with Crippen LogP contribution in [0.3, 0.4) is 0 Å². The quantitative estimate of drug-likeness (QED) is 0.676. The van der Waals surface area contributed by atoms with Gasteiger partial charge in [0.2, 0.25) is 0 Å². The van der Waals surface area contributed by atoms with Crippen LogP contribution in [0.25, 0.3) is 0 Å². The number of nitrogens with zero attached hydrogens (tertiary/aromatic N) is 2. The number of amides is 1. The van der Waals surface area contributed by atoms with E-state index in [-0.39, 0.29) is 11.3 Å². The van der Waals surface area contributed by atoms with Gasteiger partial charge < -0.3 is 14.6 Å². The number of rotatable bonds is 6. The standard InChI is InChI=1S/C25H29N3O2/c1-19-7-9-22(10-8-19)25(11-15-30-16-12-25)18-27-24(29)23-6-4-3-5-21(23)17-28-14-13-26-20(28)2/h3-10,13-14H,11-12,15-18H2,1-2H3,(H,27,29). The first-order valence-electron chi connectivity index (χ1n) is 10.6. The number of imidazole rings is 1. The lowest BCUT2D eigenvalue weighted by molar-refractivity contribution is 0.0487. The summed E-state index contributed by atoms with van der Waals surface area (Å²) in [6.45, 7) is 6.75. The molecule has 1 saturated heterocycles. The molecule has 0 saturated carbocycles. The summed E-state index contributed by atoms with van der Waals surface area (Å²) < 4.78 is 7.68. The Hall–Kier alpha value is -2.92. The molecule has 0 atom stereocenters. The molecule has 1 aliphatic rings. The maximum absolute atomic E-state index is 13.2. The third-order valence-electron chi connectivity index (χ3n) is 6.23. The Labute approximate surface area is 178 Å². The maximum Gasteiger partial charge on any atom is 0.251 e. The molecule has 0 aliphatic carbocycles. The summed E-state index contributed by atoms with van der Waals surface area (Å²) in [5, 5.41) is 3.24. The van der Waals surface area contributed by atoms with Gasteiger partial charge in [0, 0.05) is 49.7 Å². The number of hydrogen-bond acceptors (Lipinski definition) is 3. The van der Waals surface area contributed by atoms with Gasteiger partial charge in [0.1, 0.15) is 5.82 Å². The van der Waals surface area contributed by atoms with Gasteiger partial charge in [0.25, 0.3) is 5.91 Å². The van der Waals surface area contributed by atoms with Crippen molar-refractivity contribution in [2.45, 2.75) is 38.6 Å². The number of aryl methyl sites for hydroxylation is 2. The first-order valence-corrected chi connectivity index (χ1v) is 10.6. The zero-order chi connectivity index (χ0) is 21.0. The zero-order valence-electron chi connectivity index (χ0n) is 17.7. The summed E-state index contributed by atoms with van der Waals surface area (Å²) in [7, 11) is 0. The molecule has 1 N–H and O–H groups in total. The van der Waals surface area contributed by atoms with E-state index in [2.05, 4.69) is 46.1 Å². The van der Waals surface area contributed by atoms with Crippen LogP contribution >= 0.6 is 0 Å². The number of ether oxygens (including phenoxy) is 1. The molecule has 0 spiro atoms. The van der Waals surface area contributed by atoms with Crippen LogP contribution in [-0.2, 0) is 16.7 Å². The highest BCUT2D eigenvalue weighted by atomic mass is 16.5. The first kappa shape index (κ1) is 20.4. The number of benzene rings is 2. The lowest BCUT2D eigenvalue weighted by atomic mass is 9.74. The monoisotopic (exact) mass is 403 g/mol. The van der Waals surface area contributed by atoms with Crippen LogP contribution in [-0.4, -0.2) is 35.2 Å². The molecule has 30 heavy (non-hydrogen) atoms. The van der Waals surface area contributed by atoms with E-state index < -0.39 is 0 Å². The highest BCUT2D eigenvalue weighted by Crippen LogP contribution is 2.34. The fraction of sp³-hybridized carbons (Fsp3) is 0.360. The number of hydrogen-bond donors (Lipinski definition) is 1. The van der Waals surface area contributed by atoms with Crippen molar-refractivity contribution in [3.63, 3.8) is 0 Å². The number of carbonyl (C=O) groups excluding carboxylic acids is 1. The zero-order valence-corrected chi connectivity index (χ0v) is 17.7. The third kappa shape index (κ3) is 4.31. The lowest BCUT2D eigenvalue weighted by Gasteiger charge is -2.38. The molecule has 2 heterocycles. The van der Waals surface area contributed by atoms with Gasteiger partial charge in [-0.05, 0) is 43.9 Å². The number of nitrogens with one attached hydrogen (secondary N) is 1. The summed E-state index contributed by atoms with van der Waals surface area (Å²) in [5.41, 5.74) is 4.15. The van der Waals surface area contributed by atoms with Crippen molar-refractivity contribution in [1.29, 1.82) is 0 Å². The van der Waals surface area contributed by atoms with E-state index >= 15 is 0 Å². The van der Waals surface area contributed by atoms with E-state index in [1.54, 1.807) is 6.20 Å². The topological polar surface area (TPSA) is 56.2 Å². The lowest BCUT2D eigenvalue weighted by Crippen LogP contribution is -2.44. The Bertz CT molecular complexity index is 1000. The summed E-state index contributed by atoms with van der Waals surface area (Å²) in [4.78, 5) is 17.5. The minimum absolute atomic E-state index is 0.0265. The van der Waals surface area contributed by atoms with Gasteiger partial charge in [-0.3, -0.25) is 4.79 Å². The first-order chi connectivity index (χ1) is 14.6. The molecule has 1 amide bonds. The molecular weight excluding hydrogens is 374 g/mol. The van der Waals surface area contributed by atoms with Crippen molar-refractivity contribution < 1.29 is 9.53 Å². The van der Waals surface area contributed by atoms with Crippen molar-refractivity contribution in [1.82, 2.24) is 14.9 Å². The van der Waals surface area contributed by atoms with Crippen molar-refractivity contribution in [2.24, 2.45) is 0 Å². The molecule has 2 aromatic carbocycles. The van der Waals surface area contributed by atoms with E-state index in [1.165, 1.54) is 11.1 Å². The number of carbonyl (C=O) groups is 1. The van der Waals surface area contributed by atoms with Crippen LogP contribution in [0.2, 0.25) is 0 Å². The Morgan fingerprint density at radius 3 is 2.53 bits per heavy atom. The van der Waals surface area contributed by atoms with E-state index in [0.29, 0.717) is 13.1 Å². The Morgan fingerprint density at radius 2 is 1.83 bits per heavy atom. The van der Waals surface area contributed by atoms with E-state index in [4.69, 9.17) is 4.74 Å². The highest BCUT2D eigenvalue weighted by Gasteiger charge is 2.35. The second-order valence-electron chi connectivity index (χ2n) is 8.20. The van der Waals surface area contributed by atoms with Gasteiger partial charge in [-0.1, -0.05) is 48.0 Å². The molecule has 0 radical (unpaired) electrons. The minimum Gasteiger partial charge on any atom is -0.381 e. The second kappa shape index (κ2) is 8.84. The van der Waals surface area contributed by atoms with Gasteiger partial charge in [0.05, 0.1) is 0 Å². The molecule has 5 nitrogen and oxygen atoms in total. The van der Waals surface area contributed by atoms with Crippen molar-refractivity contribution in [3.05, 3.63) is 89.0 Å². The van der Waals surface area contributed by atoms with Crippen LogP contribution in [0, 0.1) is 13.8 Å². The molecule has 5 heteroatoms. The van der Waals surface area contributed by atoms with E-state index in [1.807, 2.05) is 37.4 Å². The van der Waals surface area contributed by atoms with Crippen LogP contribution in [0.4, 0.5) is 0 Å². The van der Waals surface area contributed by atoms with Crippen LogP contribution in [0.1, 0.15) is 45.7 Å². The molecule has 156 valence electrons. The van der Waals surface area contributed by atoms with Crippen molar-refractivity contribution >= 4 is 5.91 Å². The van der Waals surface area contributed by atoms with Gasteiger partial charge >= 0.3 is 0 Å². The largest absolute Gasteiger partial charge is 0.381 e. The summed E-state index contributed by atoms with van der Waals surface area (Å²) in [6.07, 6.45) is 5.55. The maximum atomic E-state index is 13.2. The minimum atomic E-state index is -0.0858. The van der Waals surface area contributed by atoms with Gasteiger partial charge in [-0.2, -0.15) is 0 Å². The molecule has 1 aromatic heterocycles. The molecule has 3 aromatic rings. The summed E-state index contributed by atoms with van der Waals surface area (Å²) >= 11 is 0. The fourth-order valence-corrected chi connectivity index (χ4v) is 4.22. The Balaban J connectivity index is 1.53.